The molecule has 2 nitrogen and oxygen atoms in total. The monoisotopic (exact) mass is 581 g/mol. The molecule has 42 heavy (non-hydrogen) atoms. The summed E-state index contributed by atoms with van der Waals surface area (Å²) < 4.78 is 11.7. The first-order valence-corrected chi connectivity index (χ1v) is 19.4. The second kappa shape index (κ2) is 12.6. The van der Waals surface area contributed by atoms with E-state index in [1.54, 1.807) is 51.4 Å². The fraction of sp³-hybridized carbons (Fsp3) is 1.00. The molecule has 0 N–H and O–H groups in total. The second-order valence-electron chi connectivity index (χ2n) is 18.5. The number of fused-ring (bicyclic) bond motifs is 4. The first-order valence-electron chi connectivity index (χ1n) is 19.4. The number of hydrogen-bond donors (Lipinski definition) is 0. The molecule has 7 rings (SSSR count). The highest BCUT2D eigenvalue weighted by molar-refractivity contribution is 5.06. The van der Waals surface area contributed by atoms with Gasteiger partial charge in [0, 0.05) is 14.2 Å². The predicted octanol–water partition coefficient (Wildman–Crippen LogP) is 10.6. The van der Waals surface area contributed by atoms with Gasteiger partial charge in [0.1, 0.15) is 0 Å². The van der Waals surface area contributed by atoms with Gasteiger partial charge in [-0.05, 0) is 192 Å². The van der Waals surface area contributed by atoms with E-state index >= 15 is 0 Å². The van der Waals surface area contributed by atoms with Crippen molar-refractivity contribution in [2.24, 2.45) is 82.3 Å². The maximum absolute atomic E-state index is 5.88. The van der Waals surface area contributed by atoms with Crippen LogP contribution in [0.4, 0.5) is 0 Å². The van der Waals surface area contributed by atoms with Crippen LogP contribution in [0.2, 0.25) is 0 Å². The molecule has 0 aliphatic heterocycles. The lowest BCUT2D eigenvalue weighted by atomic mass is 9.43. The van der Waals surface area contributed by atoms with Crippen LogP contribution in [0.25, 0.3) is 0 Å². The van der Waals surface area contributed by atoms with Crippen LogP contribution in [0.3, 0.4) is 0 Å². The number of hydrogen-bond acceptors (Lipinski definition) is 2. The zero-order valence-corrected chi connectivity index (χ0v) is 28.4. The predicted molar refractivity (Wildman–Crippen MR) is 174 cm³/mol. The third-order valence-corrected chi connectivity index (χ3v) is 16.0. The zero-order chi connectivity index (χ0) is 29.0. The Labute approximate surface area is 260 Å². The number of ether oxygens (including phenoxy) is 2. The van der Waals surface area contributed by atoms with E-state index in [0.717, 1.165) is 76.9 Å². The van der Waals surface area contributed by atoms with Crippen LogP contribution in [0.1, 0.15) is 143 Å². The van der Waals surface area contributed by atoms with Crippen LogP contribution in [0.5, 0.6) is 0 Å². The third kappa shape index (κ3) is 5.82. The van der Waals surface area contributed by atoms with Crippen molar-refractivity contribution in [3.63, 3.8) is 0 Å². The molecule has 0 amide bonds. The van der Waals surface area contributed by atoms with Gasteiger partial charge in [-0.15, -0.1) is 0 Å². The molecular weight excluding hydrogens is 512 g/mol. The highest BCUT2D eigenvalue weighted by Gasteiger charge is 2.57. The molecule has 2 heteroatoms. The van der Waals surface area contributed by atoms with E-state index in [9.17, 15) is 0 Å². The van der Waals surface area contributed by atoms with Gasteiger partial charge in [0.2, 0.25) is 0 Å². The summed E-state index contributed by atoms with van der Waals surface area (Å²) in [5.41, 5.74) is 0.475. The average molecular weight is 581 g/mol. The molecule has 7 saturated carbocycles. The first-order chi connectivity index (χ1) is 20.3. The lowest BCUT2D eigenvalue weighted by Crippen LogP contribution is -2.55. The smallest absolute Gasteiger partial charge is 0.0574 e. The summed E-state index contributed by atoms with van der Waals surface area (Å²) in [6.07, 6.45) is 29.6. The Morgan fingerprint density at radius 1 is 0.405 bits per heavy atom. The molecule has 15 atom stereocenters. The van der Waals surface area contributed by atoms with Gasteiger partial charge in [0.25, 0.3) is 0 Å². The number of methoxy groups -OCH3 is 2. The van der Waals surface area contributed by atoms with Crippen molar-refractivity contribution in [1.29, 1.82) is 0 Å². The van der Waals surface area contributed by atoms with Crippen molar-refractivity contribution in [2.45, 2.75) is 155 Å². The van der Waals surface area contributed by atoms with Gasteiger partial charge >= 0.3 is 0 Å². The van der Waals surface area contributed by atoms with Crippen LogP contribution in [0.15, 0.2) is 0 Å². The molecule has 0 radical (unpaired) electrons. The Balaban J connectivity index is 1.15. The molecule has 7 aliphatic carbocycles. The molecule has 7 aliphatic rings. The van der Waals surface area contributed by atoms with Crippen LogP contribution in [-0.2, 0) is 9.47 Å². The molecule has 0 aromatic rings. The Morgan fingerprint density at radius 2 is 0.833 bits per heavy atom. The van der Waals surface area contributed by atoms with Gasteiger partial charge in [-0.2, -0.15) is 0 Å². The van der Waals surface area contributed by atoms with Crippen molar-refractivity contribution in [2.75, 3.05) is 14.2 Å². The quantitative estimate of drug-likeness (QED) is 0.329. The van der Waals surface area contributed by atoms with Gasteiger partial charge in [-0.3, -0.25) is 0 Å². The SMILES string of the molecule is COC1CCC2CC(C3C4CCCCC4C(C4CCC5CC(OC)CCC5C4)C4CC(C(C)(C)C)CCC43)CCC2C1. The molecule has 0 saturated heterocycles. The average Bonchev–Trinajstić information content (AvgIpc) is 3.01. The minimum atomic E-state index is 0.475. The molecule has 0 heterocycles. The van der Waals surface area contributed by atoms with Crippen molar-refractivity contribution in [3.05, 3.63) is 0 Å². The van der Waals surface area contributed by atoms with Crippen molar-refractivity contribution >= 4 is 0 Å². The molecule has 0 aromatic heterocycles. The fourth-order valence-electron chi connectivity index (χ4n) is 14.0. The van der Waals surface area contributed by atoms with E-state index in [0.29, 0.717) is 17.6 Å². The van der Waals surface area contributed by atoms with E-state index in [1.807, 2.05) is 14.2 Å². The summed E-state index contributed by atoms with van der Waals surface area (Å²) in [5.74, 6) is 13.3. The van der Waals surface area contributed by atoms with Gasteiger partial charge in [-0.1, -0.05) is 33.6 Å². The van der Waals surface area contributed by atoms with Crippen LogP contribution in [-0.4, -0.2) is 26.4 Å². The molecule has 0 spiro atoms. The van der Waals surface area contributed by atoms with E-state index in [2.05, 4.69) is 20.8 Å². The topological polar surface area (TPSA) is 18.5 Å². The Hall–Kier alpha value is -0.0800. The van der Waals surface area contributed by atoms with Gasteiger partial charge in [0.15, 0.2) is 0 Å². The van der Waals surface area contributed by atoms with Crippen molar-refractivity contribution in [1.82, 2.24) is 0 Å². The van der Waals surface area contributed by atoms with E-state index in [1.165, 1.54) is 70.6 Å². The normalized spacial score (nSPS) is 51.5. The lowest BCUT2D eigenvalue weighted by molar-refractivity contribution is -0.138. The van der Waals surface area contributed by atoms with Crippen molar-refractivity contribution in [3.8, 4) is 0 Å². The van der Waals surface area contributed by atoms with Crippen LogP contribution in [0, 0.1) is 82.3 Å². The third-order valence-electron chi connectivity index (χ3n) is 16.0. The summed E-state index contributed by atoms with van der Waals surface area (Å²) in [5, 5.41) is 0. The van der Waals surface area contributed by atoms with E-state index in [-0.39, 0.29) is 0 Å². The lowest BCUT2D eigenvalue weighted by Gasteiger charge is -2.62. The molecule has 7 fully saturated rings. The summed E-state index contributed by atoms with van der Waals surface area (Å²) in [6, 6.07) is 0. The molecule has 0 aromatic carbocycles. The van der Waals surface area contributed by atoms with Crippen molar-refractivity contribution < 1.29 is 9.47 Å². The molecule has 240 valence electrons. The van der Waals surface area contributed by atoms with E-state index < -0.39 is 0 Å². The maximum atomic E-state index is 5.88. The minimum absolute atomic E-state index is 0.475. The Kier molecular flexibility index (Phi) is 9.18. The van der Waals surface area contributed by atoms with Crippen LogP contribution >= 0.6 is 0 Å². The van der Waals surface area contributed by atoms with E-state index in [4.69, 9.17) is 9.47 Å². The standard InChI is InChI=1S/C40H68O2/c1-40(2,3)31-16-19-36-37(24-31)39(30-13-11-28-23-33(42-5)18-15-26(28)21-30)35-9-7-6-8-34(35)38(36)29-12-10-27-22-32(41-4)17-14-25(27)20-29/h25-39H,6-24H2,1-5H3. The highest BCUT2D eigenvalue weighted by atomic mass is 16.5. The maximum Gasteiger partial charge on any atom is 0.0574 e. The zero-order valence-electron chi connectivity index (χ0n) is 28.4. The summed E-state index contributed by atoms with van der Waals surface area (Å²) >= 11 is 0. The molecule has 15 unspecified atom stereocenters. The van der Waals surface area contributed by atoms with Gasteiger partial charge in [-0.25, -0.2) is 0 Å². The summed E-state index contributed by atoms with van der Waals surface area (Å²) in [6.45, 7) is 7.73. The fourth-order valence-corrected chi connectivity index (χ4v) is 14.0. The van der Waals surface area contributed by atoms with Gasteiger partial charge in [0.05, 0.1) is 12.2 Å². The first kappa shape index (κ1) is 30.6. The largest absolute Gasteiger partial charge is 0.381 e. The number of rotatable bonds is 4. The Morgan fingerprint density at radius 3 is 1.33 bits per heavy atom. The Bertz CT molecular complexity index is 891. The molecule has 0 bridgehead atoms. The summed E-state index contributed by atoms with van der Waals surface area (Å²) in [4.78, 5) is 0. The summed E-state index contributed by atoms with van der Waals surface area (Å²) in [7, 11) is 3.92. The van der Waals surface area contributed by atoms with Crippen LogP contribution < -0.4 is 0 Å². The highest BCUT2D eigenvalue weighted by Crippen LogP contribution is 2.65. The second-order valence-corrected chi connectivity index (χ2v) is 18.5. The minimum Gasteiger partial charge on any atom is -0.381 e. The molecular formula is C40H68O2. The van der Waals surface area contributed by atoms with Gasteiger partial charge < -0.3 is 9.47 Å².